The summed E-state index contributed by atoms with van der Waals surface area (Å²) in [6.45, 7) is 4.92. The molecule has 0 unspecified atom stereocenters. The molecule has 4 aromatic rings. The number of hydrogen-bond donors (Lipinski definition) is 3. The lowest BCUT2D eigenvalue weighted by Crippen LogP contribution is -2.29. The average Bonchev–Trinajstić information content (AvgIpc) is 3.65. The van der Waals surface area contributed by atoms with Gasteiger partial charge in [-0.2, -0.15) is 5.10 Å². The van der Waals surface area contributed by atoms with E-state index in [9.17, 15) is 14.7 Å². The van der Waals surface area contributed by atoms with Crippen LogP contribution >= 0.6 is 11.3 Å². The van der Waals surface area contributed by atoms with Crippen LogP contribution in [0, 0.1) is 13.8 Å². The molecule has 0 bridgehead atoms. The van der Waals surface area contributed by atoms with Gasteiger partial charge in [0, 0.05) is 36.5 Å². The monoisotopic (exact) mass is 502 g/mol. The lowest BCUT2D eigenvalue weighted by atomic mass is 10.1. The molecule has 3 N–H and O–H groups in total. The van der Waals surface area contributed by atoms with Crippen molar-refractivity contribution in [1.29, 1.82) is 0 Å². The summed E-state index contributed by atoms with van der Waals surface area (Å²) in [5.41, 5.74) is 2.77. The van der Waals surface area contributed by atoms with E-state index in [1.807, 2.05) is 59.1 Å². The van der Waals surface area contributed by atoms with Gasteiger partial charge in [-0.1, -0.05) is 35.6 Å². The van der Waals surface area contributed by atoms with E-state index in [1.165, 1.54) is 17.5 Å². The number of phenolic OH excluding ortho intramolecular Hbond substituents is 1. The molecular weight excluding hydrogens is 476 g/mol. The fourth-order valence-corrected chi connectivity index (χ4v) is 4.98. The van der Waals surface area contributed by atoms with Gasteiger partial charge >= 0.3 is 0 Å². The molecule has 9 nitrogen and oxygen atoms in total. The number of amides is 2. The van der Waals surface area contributed by atoms with Crippen molar-refractivity contribution < 1.29 is 14.7 Å². The third-order valence-corrected chi connectivity index (χ3v) is 7.21. The maximum absolute atomic E-state index is 12.8. The first-order valence-electron chi connectivity index (χ1n) is 11.6. The van der Waals surface area contributed by atoms with E-state index in [0.717, 1.165) is 12.0 Å². The Morgan fingerprint density at radius 1 is 1.11 bits per heavy atom. The molecule has 0 aliphatic carbocycles. The highest BCUT2D eigenvalue weighted by Gasteiger charge is 2.28. The first-order chi connectivity index (χ1) is 17.4. The quantitative estimate of drug-likeness (QED) is 0.351. The molecule has 184 valence electrons. The van der Waals surface area contributed by atoms with Crippen LogP contribution in [-0.4, -0.2) is 49.7 Å². The van der Waals surface area contributed by atoms with Crippen molar-refractivity contribution in [1.82, 2.24) is 19.7 Å². The summed E-state index contributed by atoms with van der Waals surface area (Å²) in [6.07, 6.45) is 4.23. The number of carbonyl (C=O) groups is 2. The lowest BCUT2D eigenvalue weighted by Gasteiger charge is -2.16. The van der Waals surface area contributed by atoms with Gasteiger partial charge in [0.25, 0.3) is 11.8 Å². The van der Waals surface area contributed by atoms with Gasteiger partial charge in [0.15, 0.2) is 10.9 Å². The zero-order valence-electron chi connectivity index (χ0n) is 19.9. The second kappa shape index (κ2) is 9.82. The number of aryl methyl sites for hydroxylation is 1. The van der Waals surface area contributed by atoms with Crippen molar-refractivity contribution in [3.63, 3.8) is 0 Å². The SMILES string of the molecule is Cc1ccc(O)c(C)c1NC(=O)c1cnc(Nc2ccn([C@@H]3CCN(C(=O)c4ccccc4)C3)n2)s1. The molecule has 1 fully saturated rings. The van der Waals surface area contributed by atoms with Crippen LogP contribution in [0.2, 0.25) is 0 Å². The van der Waals surface area contributed by atoms with Crippen molar-refractivity contribution in [3.8, 4) is 5.75 Å². The Balaban J connectivity index is 1.21. The molecule has 2 amide bonds. The average molecular weight is 503 g/mol. The maximum atomic E-state index is 12.8. The summed E-state index contributed by atoms with van der Waals surface area (Å²) in [5.74, 6) is 0.488. The third kappa shape index (κ3) is 4.80. The first kappa shape index (κ1) is 23.6. The number of nitrogens with zero attached hydrogens (tertiary/aromatic N) is 4. The molecule has 2 aromatic carbocycles. The minimum atomic E-state index is -0.294. The number of phenols is 1. The van der Waals surface area contributed by atoms with Gasteiger partial charge in [0.1, 0.15) is 10.6 Å². The number of thiazole rings is 1. The van der Waals surface area contributed by atoms with Crippen LogP contribution in [0.1, 0.15) is 43.6 Å². The van der Waals surface area contributed by atoms with E-state index in [1.54, 1.807) is 19.1 Å². The molecule has 10 heteroatoms. The summed E-state index contributed by atoms with van der Waals surface area (Å²) in [4.78, 5) is 32.1. The first-order valence-corrected chi connectivity index (χ1v) is 12.4. The van der Waals surface area contributed by atoms with Gasteiger partial charge in [-0.05, 0) is 44.0 Å². The van der Waals surface area contributed by atoms with Crippen LogP contribution in [0.15, 0.2) is 60.9 Å². The smallest absolute Gasteiger partial charge is 0.267 e. The molecule has 1 aliphatic rings. The van der Waals surface area contributed by atoms with E-state index in [2.05, 4.69) is 20.7 Å². The van der Waals surface area contributed by atoms with E-state index < -0.39 is 0 Å². The summed E-state index contributed by atoms with van der Waals surface area (Å²) in [7, 11) is 0. The number of aromatic hydroxyl groups is 1. The number of aromatic nitrogens is 3. The zero-order valence-corrected chi connectivity index (χ0v) is 20.7. The molecule has 1 saturated heterocycles. The fourth-order valence-electron chi connectivity index (χ4n) is 4.26. The van der Waals surface area contributed by atoms with E-state index in [-0.39, 0.29) is 23.6 Å². The van der Waals surface area contributed by atoms with Crippen LogP contribution in [0.5, 0.6) is 5.75 Å². The molecule has 2 aromatic heterocycles. The molecule has 1 atom stereocenters. The topological polar surface area (TPSA) is 112 Å². The van der Waals surface area contributed by atoms with Crippen LogP contribution in [-0.2, 0) is 0 Å². The third-order valence-electron chi connectivity index (χ3n) is 6.30. The Morgan fingerprint density at radius 2 is 1.92 bits per heavy atom. The zero-order chi connectivity index (χ0) is 25.2. The van der Waals surface area contributed by atoms with Gasteiger partial charge < -0.3 is 20.6 Å². The predicted octanol–water partition coefficient (Wildman–Crippen LogP) is 4.75. The fraction of sp³-hybridized carbons (Fsp3) is 0.231. The highest BCUT2D eigenvalue weighted by atomic mass is 32.1. The largest absolute Gasteiger partial charge is 0.508 e. The van der Waals surface area contributed by atoms with Crippen molar-refractivity contribution in [2.75, 3.05) is 23.7 Å². The molecule has 0 saturated carbocycles. The summed E-state index contributed by atoms with van der Waals surface area (Å²) < 4.78 is 1.87. The van der Waals surface area contributed by atoms with E-state index in [4.69, 9.17) is 0 Å². The molecule has 0 radical (unpaired) electrons. The highest BCUT2D eigenvalue weighted by Crippen LogP contribution is 2.30. The number of rotatable bonds is 6. The standard InChI is InChI=1S/C26H26N6O3S/c1-16-8-9-20(33)17(2)23(16)29-24(34)21-14-27-26(36-21)28-22-11-13-32(30-22)19-10-12-31(15-19)25(35)18-6-4-3-5-7-18/h3-9,11,13-14,19,33H,10,12,15H2,1-2H3,(H,29,34)(H,27,28,30)/t19-/m1/s1. The van der Waals surface area contributed by atoms with Crippen molar-refractivity contribution in [2.24, 2.45) is 0 Å². The van der Waals surface area contributed by atoms with Crippen LogP contribution in [0.4, 0.5) is 16.6 Å². The van der Waals surface area contributed by atoms with Gasteiger partial charge in [0.05, 0.1) is 17.9 Å². The van der Waals surface area contributed by atoms with E-state index >= 15 is 0 Å². The number of hydrogen-bond acceptors (Lipinski definition) is 7. The minimum Gasteiger partial charge on any atom is -0.508 e. The van der Waals surface area contributed by atoms with Gasteiger partial charge in [0.2, 0.25) is 0 Å². The number of nitrogens with one attached hydrogen (secondary N) is 2. The Bertz CT molecular complexity index is 1410. The Kier molecular flexibility index (Phi) is 6.43. The second-order valence-electron chi connectivity index (χ2n) is 8.75. The van der Waals surface area contributed by atoms with Crippen LogP contribution < -0.4 is 10.6 Å². The molecular formula is C26H26N6O3S. The minimum absolute atomic E-state index is 0.0355. The second-order valence-corrected chi connectivity index (χ2v) is 9.78. The Labute approximate surface area is 212 Å². The lowest BCUT2D eigenvalue weighted by molar-refractivity contribution is 0.0787. The van der Waals surface area contributed by atoms with Crippen molar-refractivity contribution >= 4 is 39.8 Å². The summed E-state index contributed by atoms with van der Waals surface area (Å²) in [5, 5.41) is 21.1. The molecule has 3 heterocycles. The predicted molar refractivity (Wildman–Crippen MR) is 139 cm³/mol. The van der Waals surface area contributed by atoms with Crippen LogP contribution in [0.25, 0.3) is 0 Å². The number of carbonyl (C=O) groups excluding carboxylic acids is 2. The normalized spacial score (nSPS) is 15.2. The summed E-state index contributed by atoms with van der Waals surface area (Å²) >= 11 is 1.22. The number of anilines is 3. The Hall–Kier alpha value is -4.18. The highest BCUT2D eigenvalue weighted by molar-refractivity contribution is 7.17. The Morgan fingerprint density at radius 3 is 2.72 bits per heavy atom. The molecule has 1 aliphatic heterocycles. The van der Waals surface area contributed by atoms with Crippen molar-refractivity contribution in [3.05, 3.63) is 82.5 Å². The molecule has 5 rings (SSSR count). The van der Waals surface area contributed by atoms with Gasteiger partial charge in [-0.3, -0.25) is 14.3 Å². The number of likely N-dealkylation sites (tertiary alicyclic amines) is 1. The van der Waals surface area contributed by atoms with Crippen molar-refractivity contribution in [2.45, 2.75) is 26.3 Å². The maximum Gasteiger partial charge on any atom is 0.267 e. The molecule has 36 heavy (non-hydrogen) atoms. The van der Waals surface area contributed by atoms with Gasteiger partial charge in [-0.15, -0.1) is 0 Å². The molecule has 0 spiro atoms. The number of benzene rings is 2. The van der Waals surface area contributed by atoms with Gasteiger partial charge in [-0.25, -0.2) is 4.98 Å². The summed E-state index contributed by atoms with van der Waals surface area (Å²) in [6, 6.07) is 14.6. The van der Waals surface area contributed by atoms with Crippen LogP contribution in [0.3, 0.4) is 0 Å². The van der Waals surface area contributed by atoms with E-state index in [0.29, 0.717) is 45.7 Å².